The summed E-state index contributed by atoms with van der Waals surface area (Å²) in [6, 6.07) is -0.0625. The lowest BCUT2D eigenvalue weighted by molar-refractivity contribution is -0.109. The number of nitrogens with one attached hydrogen (secondary N) is 2. The Labute approximate surface area is 88.0 Å². The van der Waals surface area contributed by atoms with E-state index in [4.69, 9.17) is 0 Å². The van der Waals surface area contributed by atoms with Crippen LogP contribution in [-0.4, -0.2) is 26.4 Å². The average molecular weight is 200 g/mol. The molecule has 2 N–H and O–H groups in total. The monoisotopic (exact) mass is 200 g/mol. The molecule has 0 spiro atoms. The minimum Gasteiger partial charge on any atom is -0.380 e. The van der Waals surface area contributed by atoms with Crippen LogP contribution in [0.3, 0.4) is 0 Å². The SMILES string of the molecule is C=C(C)N[C@H](C=O)CC(C)C.CNC. The van der Waals surface area contributed by atoms with E-state index in [0.29, 0.717) is 5.92 Å². The fourth-order valence-corrected chi connectivity index (χ4v) is 0.973. The molecule has 3 heteroatoms. The molecule has 1 atom stereocenters. The Morgan fingerprint density at radius 3 is 2.07 bits per heavy atom. The molecule has 0 aliphatic carbocycles. The van der Waals surface area contributed by atoms with Gasteiger partial charge in [0.2, 0.25) is 0 Å². The van der Waals surface area contributed by atoms with Crippen molar-refractivity contribution in [3.8, 4) is 0 Å². The lowest BCUT2D eigenvalue weighted by Crippen LogP contribution is -2.29. The average Bonchev–Trinajstić information content (AvgIpc) is 2.02. The number of hydrogen-bond donors (Lipinski definition) is 2. The summed E-state index contributed by atoms with van der Waals surface area (Å²) in [4.78, 5) is 10.5. The number of carbonyl (C=O) groups excluding carboxylic acids is 1. The van der Waals surface area contributed by atoms with E-state index in [1.54, 1.807) is 0 Å². The van der Waals surface area contributed by atoms with E-state index >= 15 is 0 Å². The fraction of sp³-hybridized carbons (Fsp3) is 0.727. The van der Waals surface area contributed by atoms with E-state index in [0.717, 1.165) is 18.4 Å². The maximum Gasteiger partial charge on any atom is 0.142 e. The third-order valence-corrected chi connectivity index (χ3v) is 1.32. The van der Waals surface area contributed by atoms with E-state index in [2.05, 4.69) is 31.1 Å². The Bertz CT molecular complexity index is 155. The summed E-state index contributed by atoms with van der Waals surface area (Å²) in [5.41, 5.74) is 0.850. The highest BCUT2D eigenvalue weighted by Gasteiger charge is 2.07. The van der Waals surface area contributed by atoms with Crippen molar-refractivity contribution in [1.29, 1.82) is 0 Å². The Morgan fingerprint density at radius 1 is 1.43 bits per heavy atom. The van der Waals surface area contributed by atoms with Crippen LogP contribution >= 0.6 is 0 Å². The quantitative estimate of drug-likeness (QED) is 0.662. The lowest BCUT2D eigenvalue weighted by atomic mass is 10.1. The molecule has 0 aliphatic rings. The molecule has 0 heterocycles. The predicted octanol–water partition coefficient (Wildman–Crippen LogP) is 1.56. The van der Waals surface area contributed by atoms with Gasteiger partial charge in [-0.2, -0.15) is 0 Å². The van der Waals surface area contributed by atoms with Crippen LogP contribution in [0.15, 0.2) is 12.3 Å². The molecule has 0 bridgehead atoms. The minimum absolute atomic E-state index is 0.0625. The Balaban J connectivity index is 0. The molecule has 0 radical (unpaired) electrons. The smallest absolute Gasteiger partial charge is 0.142 e. The summed E-state index contributed by atoms with van der Waals surface area (Å²) in [7, 11) is 3.75. The van der Waals surface area contributed by atoms with Crippen molar-refractivity contribution < 1.29 is 4.79 Å². The highest BCUT2D eigenvalue weighted by atomic mass is 16.1. The molecule has 0 saturated carbocycles. The molecule has 0 unspecified atom stereocenters. The first-order chi connectivity index (χ1) is 6.47. The van der Waals surface area contributed by atoms with Gasteiger partial charge in [0.05, 0.1) is 6.04 Å². The van der Waals surface area contributed by atoms with Gasteiger partial charge in [-0.05, 0) is 33.4 Å². The highest BCUT2D eigenvalue weighted by Crippen LogP contribution is 2.03. The third kappa shape index (κ3) is 13.7. The van der Waals surface area contributed by atoms with Crippen molar-refractivity contribution in [2.75, 3.05) is 14.1 Å². The van der Waals surface area contributed by atoms with Gasteiger partial charge < -0.3 is 15.4 Å². The van der Waals surface area contributed by atoms with E-state index in [1.807, 2.05) is 21.0 Å². The van der Waals surface area contributed by atoms with Gasteiger partial charge in [0, 0.05) is 5.70 Å². The van der Waals surface area contributed by atoms with Crippen LogP contribution in [0, 0.1) is 5.92 Å². The van der Waals surface area contributed by atoms with E-state index in [9.17, 15) is 4.79 Å². The lowest BCUT2D eigenvalue weighted by Gasteiger charge is -2.15. The highest BCUT2D eigenvalue weighted by molar-refractivity contribution is 5.57. The predicted molar refractivity (Wildman–Crippen MR) is 62.2 cm³/mol. The normalized spacial score (nSPS) is 11.3. The van der Waals surface area contributed by atoms with E-state index < -0.39 is 0 Å². The minimum atomic E-state index is -0.0625. The molecule has 84 valence electrons. The summed E-state index contributed by atoms with van der Waals surface area (Å²) >= 11 is 0. The van der Waals surface area contributed by atoms with Gasteiger partial charge in [0.25, 0.3) is 0 Å². The van der Waals surface area contributed by atoms with Crippen LogP contribution in [0.2, 0.25) is 0 Å². The van der Waals surface area contributed by atoms with Crippen LogP contribution in [0.1, 0.15) is 27.2 Å². The number of rotatable bonds is 5. The molecule has 0 aromatic heterocycles. The summed E-state index contributed by atoms with van der Waals surface area (Å²) in [6.45, 7) is 9.73. The first kappa shape index (κ1) is 15.6. The molecular formula is C11H24N2O. The van der Waals surface area contributed by atoms with Gasteiger partial charge in [0.15, 0.2) is 0 Å². The van der Waals surface area contributed by atoms with Gasteiger partial charge in [-0.1, -0.05) is 20.4 Å². The van der Waals surface area contributed by atoms with Crippen LogP contribution < -0.4 is 10.6 Å². The molecule has 0 aromatic carbocycles. The Kier molecular flexibility index (Phi) is 11.4. The van der Waals surface area contributed by atoms with Gasteiger partial charge >= 0.3 is 0 Å². The van der Waals surface area contributed by atoms with Crippen molar-refractivity contribution >= 4 is 6.29 Å². The molecular weight excluding hydrogens is 176 g/mol. The second kappa shape index (κ2) is 10.3. The topological polar surface area (TPSA) is 41.1 Å². The van der Waals surface area contributed by atoms with Gasteiger partial charge in [-0.3, -0.25) is 0 Å². The second-order valence-electron chi connectivity index (χ2n) is 3.80. The van der Waals surface area contributed by atoms with Crippen LogP contribution in [0.4, 0.5) is 0 Å². The van der Waals surface area contributed by atoms with Crippen LogP contribution in [-0.2, 0) is 4.79 Å². The second-order valence-corrected chi connectivity index (χ2v) is 3.80. The maximum absolute atomic E-state index is 10.5. The Hall–Kier alpha value is -0.830. The molecule has 0 saturated heterocycles. The number of allylic oxidation sites excluding steroid dienone is 1. The third-order valence-electron chi connectivity index (χ3n) is 1.32. The standard InChI is InChI=1S/C9H17NO.C2H7N/c1-7(2)5-9(6-11)10-8(3)4;1-3-2/h6-7,9-10H,3,5H2,1-2,4H3;3H,1-2H3/t9-;/m0./s1. The molecule has 0 aliphatic heterocycles. The van der Waals surface area contributed by atoms with Gasteiger partial charge in [-0.25, -0.2) is 0 Å². The largest absolute Gasteiger partial charge is 0.380 e. The molecule has 0 fully saturated rings. The summed E-state index contributed by atoms with van der Waals surface area (Å²) in [5.74, 6) is 0.539. The number of aldehydes is 1. The first-order valence-electron chi connectivity index (χ1n) is 4.93. The molecule has 3 nitrogen and oxygen atoms in total. The van der Waals surface area contributed by atoms with Crippen LogP contribution in [0.5, 0.6) is 0 Å². The summed E-state index contributed by atoms with van der Waals surface area (Å²) in [5, 5.41) is 5.75. The first-order valence-corrected chi connectivity index (χ1v) is 4.93. The van der Waals surface area contributed by atoms with Gasteiger partial charge in [0.1, 0.15) is 6.29 Å². The van der Waals surface area contributed by atoms with E-state index in [-0.39, 0.29) is 6.04 Å². The van der Waals surface area contributed by atoms with E-state index in [1.165, 1.54) is 0 Å². The fourth-order valence-electron chi connectivity index (χ4n) is 0.973. The molecule has 0 amide bonds. The zero-order chi connectivity index (χ0) is 11.6. The molecule has 14 heavy (non-hydrogen) atoms. The summed E-state index contributed by atoms with van der Waals surface area (Å²) < 4.78 is 0. The van der Waals surface area contributed by atoms with Crippen molar-refractivity contribution in [3.05, 3.63) is 12.3 Å². The maximum atomic E-state index is 10.5. The number of carbonyl (C=O) groups is 1. The molecule has 0 rings (SSSR count). The number of hydrogen-bond acceptors (Lipinski definition) is 3. The Morgan fingerprint density at radius 2 is 1.86 bits per heavy atom. The van der Waals surface area contributed by atoms with Crippen molar-refractivity contribution in [2.24, 2.45) is 5.92 Å². The van der Waals surface area contributed by atoms with Crippen molar-refractivity contribution in [1.82, 2.24) is 10.6 Å². The molecule has 0 aromatic rings. The van der Waals surface area contributed by atoms with Crippen molar-refractivity contribution in [3.63, 3.8) is 0 Å². The van der Waals surface area contributed by atoms with Gasteiger partial charge in [-0.15, -0.1) is 0 Å². The van der Waals surface area contributed by atoms with Crippen LogP contribution in [0.25, 0.3) is 0 Å². The van der Waals surface area contributed by atoms with Crippen molar-refractivity contribution in [2.45, 2.75) is 33.2 Å². The zero-order valence-electron chi connectivity index (χ0n) is 10.1. The zero-order valence-corrected chi connectivity index (χ0v) is 10.1. The summed E-state index contributed by atoms with van der Waals surface area (Å²) in [6.07, 6.45) is 1.81.